The van der Waals surface area contributed by atoms with Gasteiger partial charge >= 0.3 is 5.69 Å². The van der Waals surface area contributed by atoms with Gasteiger partial charge in [-0.3, -0.25) is 18.5 Å². The van der Waals surface area contributed by atoms with Crippen LogP contribution in [0.15, 0.2) is 14.7 Å². The fraction of sp³-hybridized carbons (Fsp3) is 0.600. The zero-order chi connectivity index (χ0) is 17.6. The van der Waals surface area contributed by atoms with Gasteiger partial charge in [0.1, 0.15) is 0 Å². The van der Waals surface area contributed by atoms with Crippen LogP contribution < -0.4 is 16.3 Å². The number of hydrazone groups is 1. The fourth-order valence-corrected chi connectivity index (χ4v) is 2.99. The van der Waals surface area contributed by atoms with Crippen LogP contribution in [0.5, 0.6) is 0 Å². The second-order valence-electron chi connectivity index (χ2n) is 5.88. The van der Waals surface area contributed by atoms with E-state index in [0.29, 0.717) is 36.8 Å². The molecule has 24 heavy (non-hydrogen) atoms. The van der Waals surface area contributed by atoms with Crippen LogP contribution in [0, 0.1) is 0 Å². The van der Waals surface area contributed by atoms with E-state index in [-0.39, 0.29) is 17.3 Å². The molecule has 0 fully saturated rings. The summed E-state index contributed by atoms with van der Waals surface area (Å²) in [6.45, 7) is 6.98. The number of hydrogen-bond acceptors (Lipinski definition) is 6. The molecule has 2 aromatic rings. The Bertz CT molecular complexity index is 935. The SMILES string of the molecule is CCn1c(=O)c2c(nc3n2[C@H](C)C(C)=NN3CCOC)n(C)c1=O. The molecule has 2 aromatic heterocycles. The van der Waals surface area contributed by atoms with Crippen molar-refractivity contribution in [1.29, 1.82) is 0 Å². The minimum Gasteiger partial charge on any atom is -0.383 e. The summed E-state index contributed by atoms with van der Waals surface area (Å²) >= 11 is 0. The lowest BCUT2D eigenvalue weighted by atomic mass is 10.2. The Hall–Kier alpha value is -2.42. The zero-order valence-electron chi connectivity index (χ0n) is 14.6. The molecule has 3 heterocycles. The van der Waals surface area contributed by atoms with Gasteiger partial charge in [-0.25, -0.2) is 9.80 Å². The standard InChI is InChI=1S/C15H22N6O3/c1-6-19-13(22)11-12(18(4)15(19)23)16-14-20(7-8-24-5)17-9(2)10(3)21(11)14/h10H,6-8H2,1-5H3/t10-/m1/s1. The molecule has 9 heteroatoms. The van der Waals surface area contributed by atoms with Crippen molar-refractivity contribution in [3.63, 3.8) is 0 Å². The molecule has 1 atom stereocenters. The summed E-state index contributed by atoms with van der Waals surface area (Å²) in [6.07, 6.45) is 0. The van der Waals surface area contributed by atoms with Gasteiger partial charge in [-0.05, 0) is 20.8 Å². The number of nitrogens with zero attached hydrogens (tertiary/aromatic N) is 6. The minimum atomic E-state index is -0.362. The molecule has 0 saturated heterocycles. The highest BCUT2D eigenvalue weighted by Gasteiger charge is 2.30. The van der Waals surface area contributed by atoms with Gasteiger partial charge in [0, 0.05) is 20.7 Å². The van der Waals surface area contributed by atoms with Gasteiger partial charge in [0.25, 0.3) is 5.56 Å². The summed E-state index contributed by atoms with van der Waals surface area (Å²) in [5, 5.41) is 6.27. The molecule has 0 N–H and O–H groups in total. The Morgan fingerprint density at radius 3 is 2.62 bits per heavy atom. The van der Waals surface area contributed by atoms with Crippen molar-refractivity contribution >= 4 is 22.8 Å². The molecule has 0 aromatic carbocycles. The van der Waals surface area contributed by atoms with Crippen LogP contribution in [0.25, 0.3) is 11.2 Å². The summed E-state index contributed by atoms with van der Waals surface area (Å²) in [7, 11) is 3.25. The zero-order valence-corrected chi connectivity index (χ0v) is 14.6. The number of methoxy groups -OCH3 is 1. The second kappa shape index (κ2) is 5.90. The van der Waals surface area contributed by atoms with E-state index in [9.17, 15) is 9.59 Å². The number of hydrogen-bond donors (Lipinski definition) is 0. The predicted molar refractivity (Wildman–Crippen MR) is 92.0 cm³/mol. The normalized spacial score (nSPS) is 17.3. The van der Waals surface area contributed by atoms with Gasteiger partial charge < -0.3 is 4.74 Å². The molecule has 1 aliphatic rings. The summed E-state index contributed by atoms with van der Waals surface area (Å²) < 4.78 is 9.64. The number of fused-ring (bicyclic) bond motifs is 3. The van der Waals surface area contributed by atoms with E-state index < -0.39 is 0 Å². The van der Waals surface area contributed by atoms with Crippen molar-refractivity contribution in [1.82, 2.24) is 18.7 Å². The maximum atomic E-state index is 12.8. The lowest BCUT2D eigenvalue weighted by molar-refractivity contribution is 0.204. The first-order valence-electron chi connectivity index (χ1n) is 7.95. The molecule has 0 saturated carbocycles. The predicted octanol–water partition coefficient (Wildman–Crippen LogP) is 0.320. The molecular formula is C15H22N6O3. The van der Waals surface area contributed by atoms with Gasteiger partial charge in [-0.1, -0.05) is 0 Å². The van der Waals surface area contributed by atoms with Gasteiger partial charge in [0.2, 0.25) is 5.95 Å². The van der Waals surface area contributed by atoms with Crippen LogP contribution in [-0.2, 0) is 18.3 Å². The Labute approximate surface area is 138 Å². The quantitative estimate of drug-likeness (QED) is 0.804. The molecule has 0 bridgehead atoms. The molecule has 0 aliphatic carbocycles. The van der Waals surface area contributed by atoms with E-state index in [1.807, 2.05) is 18.4 Å². The van der Waals surface area contributed by atoms with Crippen molar-refractivity contribution in [2.75, 3.05) is 25.3 Å². The number of imidazole rings is 1. The second-order valence-corrected chi connectivity index (χ2v) is 5.88. The fourth-order valence-electron chi connectivity index (χ4n) is 2.99. The van der Waals surface area contributed by atoms with Crippen LogP contribution >= 0.6 is 0 Å². The molecular weight excluding hydrogens is 312 g/mol. The van der Waals surface area contributed by atoms with Crippen LogP contribution in [-0.4, -0.2) is 44.7 Å². The van der Waals surface area contributed by atoms with E-state index in [1.165, 1.54) is 9.13 Å². The maximum absolute atomic E-state index is 12.8. The van der Waals surface area contributed by atoms with Crippen LogP contribution in [0.3, 0.4) is 0 Å². The van der Waals surface area contributed by atoms with Crippen LogP contribution in [0.1, 0.15) is 26.8 Å². The molecule has 0 amide bonds. The number of ether oxygens (including phenoxy) is 1. The van der Waals surface area contributed by atoms with Crippen LogP contribution in [0.4, 0.5) is 5.95 Å². The van der Waals surface area contributed by atoms with Gasteiger partial charge in [0.05, 0.1) is 24.9 Å². The van der Waals surface area contributed by atoms with Gasteiger partial charge in [-0.2, -0.15) is 10.1 Å². The van der Waals surface area contributed by atoms with E-state index in [4.69, 9.17) is 4.74 Å². The van der Waals surface area contributed by atoms with Crippen molar-refractivity contribution in [2.24, 2.45) is 12.1 Å². The summed E-state index contributed by atoms with van der Waals surface area (Å²) in [6, 6.07) is -0.112. The van der Waals surface area contributed by atoms with Crippen LogP contribution in [0.2, 0.25) is 0 Å². The number of rotatable bonds is 4. The molecule has 0 spiro atoms. The first-order chi connectivity index (χ1) is 11.4. The van der Waals surface area contributed by atoms with E-state index in [2.05, 4.69) is 10.1 Å². The lowest BCUT2D eigenvalue weighted by Gasteiger charge is -2.28. The third-order valence-corrected chi connectivity index (χ3v) is 4.48. The van der Waals surface area contributed by atoms with Crippen molar-refractivity contribution in [3.05, 3.63) is 20.8 Å². The van der Waals surface area contributed by atoms with E-state index in [0.717, 1.165) is 5.71 Å². The third kappa shape index (κ3) is 2.19. The molecule has 130 valence electrons. The number of aromatic nitrogens is 4. The van der Waals surface area contributed by atoms with E-state index in [1.54, 1.807) is 26.1 Å². The topological polar surface area (TPSA) is 86.7 Å². The molecule has 9 nitrogen and oxygen atoms in total. The van der Waals surface area contributed by atoms with Gasteiger partial charge in [0.15, 0.2) is 11.2 Å². The third-order valence-electron chi connectivity index (χ3n) is 4.48. The molecule has 0 radical (unpaired) electrons. The lowest BCUT2D eigenvalue weighted by Crippen LogP contribution is -2.40. The summed E-state index contributed by atoms with van der Waals surface area (Å²) in [5.41, 5.74) is 0.998. The maximum Gasteiger partial charge on any atom is 0.332 e. The smallest absolute Gasteiger partial charge is 0.332 e. The average molecular weight is 334 g/mol. The largest absolute Gasteiger partial charge is 0.383 e. The first kappa shape index (κ1) is 16.4. The van der Waals surface area contributed by atoms with Crippen molar-refractivity contribution in [2.45, 2.75) is 33.4 Å². The summed E-state index contributed by atoms with van der Waals surface area (Å²) in [4.78, 5) is 29.8. The minimum absolute atomic E-state index is 0.112. The molecule has 1 aliphatic heterocycles. The molecule has 3 rings (SSSR count). The monoisotopic (exact) mass is 334 g/mol. The van der Waals surface area contributed by atoms with Crippen molar-refractivity contribution < 1.29 is 4.74 Å². The first-order valence-corrected chi connectivity index (χ1v) is 7.95. The molecule has 0 unspecified atom stereocenters. The Morgan fingerprint density at radius 2 is 2.00 bits per heavy atom. The average Bonchev–Trinajstić information content (AvgIpc) is 2.96. The number of aryl methyl sites for hydroxylation is 1. The van der Waals surface area contributed by atoms with E-state index >= 15 is 0 Å². The highest BCUT2D eigenvalue weighted by molar-refractivity contribution is 5.91. The highest BCUT2D eigenvalue weighted by Crippen LogP contribution is 2.29. The van der Waals surface area contributed by atoms with Gasteiger partial charge in [-0.15, -0.1) is 0 Å². The Morgan fingerprint density at radius 1 is 1.29 bits per heavy atom. The van der Waals surface area contributed by atoms with Crippen molar-refractivity contribution in [3.8, 4) is 0 Å². The number of anilines is 1. The Balaban J connectivity index is 2.36. The Kier molecular flexibility index (Phi) is 4.04. The summed E-state index contributed by atoms with van der Waals surface area (Å²) in [5.74, 6) is 0.557. The highest BCUT2D eigenvalue weighted by atomic mass is 16.5.